The molecule has 1 saturated heterocycles. The molecule has 0 spiro atoms. The van der Waals surface area contributed by atoms with Crippen LogP contribution in [0.5, 0.6) is 0 Å². The third-order valence-electron chi connectivity index (χ3n) is 4.42. The van der Waals surface area contributed by atoms with Crippen molar-refractivity contribution in [3.05, 3.63) is 20.8 Å². The Morgan fingerprint density at radius 3 is 2.94 bits per heavy atom. The molecule has 1 saturated carbocycles. The Hall–Kier alpha value is 0.1000. The van der Waals surface area contributed by atoms with E-state index in [2.05, 4.69) is 51.4 Å². The van der Waals surface area contributed by atoms with Gasteiger partial charge in [0.1, 0.15) is 0 Å². The number of piperazine rings is 1. The van der Waals surface area contributed by atoms with Gasteiger partial charge in [-0.3, -0.25) is 4.90 Å². The summed E-state index contributed by atoms with van der Waals surface area (Å²) in [6.07, 6.45) is 2.83. The Morgan fingerprint density at radius 1 is 1.56 bits per heavy atom. The molecule has 2 atom stereocenters. The van der Waals surface area contributed by atoms with Gasteiger partial charge in [0.2, 0.25) is 0 Å². The summed E-state index contributed by atoms with van der Waals surface area (Å²) in [4.78, 5) is 4.11. The minimum absolute atomic E-state index is 0.348. The fourth-order valence-corrected chi connectivity index (χ4v) is 4.46. The molecule has 0 amide bonds. The quantitative estimate of drug-likeness (QED) is 0.913. The van der Waals surface area contributed by atoms with E-state index in [1.54, 1.807) is 0 Å². The maximum absolute atomic E-state index is 3.78. The molecule has 2 unspecified atom stereocenters. The third-order valence-corrected chi connectivity index (χ3v) is 6.10. The van der Waals surface area contributed by atoms with E-state index in [0.29, 0.717) is 11.6 Å². The molecule has 3 rings (SSSR count). The van der Waals surface area contributed by atoms with Gasteiger partial charge in [0.25, 0.3) is 0 Å². The van der Waals surface area contributed by atoms with Crippen LogP contribution < -0.4 is 5.32 Å². The zero-order valence-corrected chi connectivity index (χ0v) is 13.5. The first-order chi connectivity index (χ1) is 8.57. The van der Waals surface area contributed by atoms with Gasteiger partial charge in [-0.05, 0) is 54.6 Å². The van der Waals surface area contributed by atoms with Crippen LogP contribution in [0.3, 0.4) is 0 Å². The van der Waals surface area contributed by atoms with E-state index in [1.807, 2.05) is 11.3 Å². The first kappa shape index (κ1) is 13.1. The highest BCUT2D eigenvalue weighted by atomic mass is 79.9. The second-order valence-corrected chi connectivity index (χ2v) is 7.97. The minimum Gasteiger partial charge on any atom is -0.308 e. The van der Waals surface area contributed by atoms with Crippen molar-refractivity contribution in [2.75, 3.05) is 13.1 Å². The topological polar surface area (TPSA) is 15.3 Å². The van der Waals surface area contributed by atoms with Crippen LogP contribution in [0.25, 0.3) is 0 Å². The molecular weight excluding hydrogens is 308 g/mol. The van der Waals surface area contributed by atoms with Gasteiger partial charge in [-0.15, -0.1) is 11.3 Å². The van der Waals surface area contributed by atoms with Gasteiger partial charge in [0, 0.05) is 45.9 Å². The fraction of sp³-hybridized carbons (Fsp3) is 0.714. The Balaban J connectivity index is 1.69. The molecule has 100 valence electrons. The van der Waals surface area contributed by atoms with E-state index in [1.165, 1.54) is 28.7 Å². The average molecular weight is 329 g/mol. The summed E-state index contributed by atoms with van der Waals surface area (Å²) in [6.45, 7) is 8.16. The van der Waals surface area contributed by atoms with Gasteiger partial charge in [0.05, 0.1) is 0 Å². The molecule has 18 heavy (non-hydrogen) atoms. The Labute approximate surface area is 122 Å². The number of halogens is 1. The summed E-state index contributed by atoms with van der Waals surface area (Å²) >= 11 is 5.41. The predicted molar refractivity (Wildman–Crippen MR) is 81.0 cm³/mol. The molecule has 4 heteroatoms. The van der Waals surface area contributed by atoms with E-state index < -0.39 is 0 Å². The maximum Gasteiger partial charge on any atom is 0.0332 e. The lowest BCUT2D eigenvalue weighted by molar-refractivity contribution is 0.0779. The molecule has 2 aliphatic rings. The SMILES string of the molecule is CC1CNC(C)(C2CC2)CN1Cc1cc(Br)cs1. The van der Waals surface area contributed by atoms with E-state index in [9.17, 15) is 0 Å². The van der Waals surface area contributed by atoms with Crippen molar-refractivity contribution >= 4 is 27.3 Å². The van der Waals surface area contributed by atoms with Crippen molar-refractivity contribution in [1.29, 1.82) is 0 Å². The summed E-state index contributed by atoms with van der Waals surface area (Å²) in [5.74, 6) is 0.905. The van der Waals surface area contributed by atoms with Crippen LogP contribution in [0, 0.1) is 5.92 Å². The molecule has 1 aliphatic heterocycles. The van der Waals surface area contributed by atoms with Crippen molar-refractivity contribution in [2.45, 2.75) is 44.8 Å². The van der Waals surface area contributed by atoms with Crippen LogP contribution in [0.15, 0.2) is 15.9 Å². The zero-order chi connectivity index (χ0) is 12.8. The number of rotatable bonds is 3. The van der Waals surface area contributed by atoms with Gasteiger partial charge < -0.3 is 5.32 Å². The molecule has 0 radical (unpaired) electrons. The van der Waals surface area contributed by atoms with Crippen LogP contribution in [0.2, 0.25) is 0 Å². The predicted octanol–water partition coefficient (Wildman–Crippen LogP) is 3.47. The van der Waals surface area contributed by atoms with Gasteiger partial charge in [0.15, 0.2) is 0 Å². The number of hydrogen-bond donors (Lipinski definition) is 1. The summed E-state index contributed by atoms with van der Waals surface area (Å²) < 4.78 is 1.22. The van der Waals surface area contributed by atoms with Crippen molar-refractivity contribution < 1.29 is 0 Å². The van der Waals surface area contributed by atoms with E-state index in [4.69, 9.17) is 0 Å². The Bertz CT molecular complexity index is 429. The second kappa shape index (κ2) is 4.89. The molecule has 1 N–H and O–H groups in total. The van der Waals surface area contributed by atoms with Crippen molar-refractivity contribution in [2.24, 2.45) is 5.92 Å². The first-order valence-corrected chi connectivity index (χ1v) is 8.46. The van der Waals surface area contributed by atoms with Crippen LogP contribution >= 0.6 is 27.3 Å². The molecule has 1 aromatic heterocycles. The Morgan fingerprint density at radius 2 is 2.33 bits per heavy atom. The largest absolute Gasteiger partial charge is 0.308 e. The molecule has 2 heterocycles. The highest BCUT2D eigenvalue weighted by molar-refractivity contribution is 9.10. The third kappa shape index (κ3) is 2.67. The molecule has 2 nitrogen and oxygen atoms in total. The fourth-order valence-electron chi connectivity index (χ4n) is 2.99. The van der Waals surface area contributed by atoms with Gasteiger partial charge in [-0.2, -0.15) is 0 Å². The van der Waals surface area contributed by atoms with Crippen molar-refractivity contribution in [3.8, 4) is 0 Å². The highest BCUT2D eigenvalue weighted by Gasteiger charge is 2.45. The Kier molecular flexibility index (Phi) is 3.56. The van der Waals surface area contributed by atoms with Gasteiger partial charge in [-0.1, -0.05) is 0 Å². The minimum atomic E-state index is 0.348. The number of nitrogens with one attached hydrogen (secondary N) is 1. The normalized spacial score (nSPS) is 33.8. The van der Waals surface area contributed by atoms with Crippen LogP contribution in [-0.4, -0.2) is 29.6 Å². The van der Waals surface area contributed by atoms with E-state index in [-0.39, 0.29) is 0 Å². The molecule has 2 fully saturated rings. The summed E-state index contributed by atoms with van der Waals surface area (Å²) in [5.41, 5.74) is 0.348. The summed E-state index contributed by atoms with van der Waals surface area (Å²) in [7, 11) is 0. The molecular formula is C14H21BrN2S. The lowest BCUT2D eigenvalue weighted by Crippen LogP contribution is -2.62. The first-order valence-electron chi connectivity index (χ1n) is 6.79. The molecule has 0 bridgehead atoms. The van der Waals surface area contributed by atoms with Crippen LogP contribution in [0.1, 0.15) is 31.6 Å². The van der Waals surface area contributed by atoms with Gasteiger partial charge in [-0.25, -0.2) is 0 Å². The van der Waals surface area contributed by atoms with Gasteiger partial charge >= 0.3 is 0 Å². The second-order valence-electron chi connectivity index (χ2n) is 6.06. The van der Waals surface area contributed by atoms with Crippen molar-refractivity contribution in [3.63, 3.8) is 0 Å². The maximum atomic E-state index is 3.78. The smallest absolute Gasteiger partial charge is 0.0332 e. The lowest BCUT2D eigenvalue weighted by Gasteiger charge is -2.45. The van der Waals surface area contributed by atoms with E-state index in [0.717, 1.165) is 19.0 Å². The number of thiophene rings is 1. The van der Waals surface area contributed by atoms with E-state index >= 15 is 0 Å². The number of nitrogens with zero attached hydrogens (tertiary/aromatic N) is 1. The summed E-state index contributed by atoms with van der Waals surface area (Å²) in [5, 5.41) is 5.96. The number of hydrogen-bond acceptors (Lipinski definition) is 3. The molecule has 1 aromatic rings. The standard InChI is InChI=1S/C14H21BrN2S/c1-10-6-16-14(2,11-3-4-11)9-17(10)7-13-5-12(15)8-18-13/h5,8,10-11,16H,3-4,6-7,9H2,1-2H3. The molecule has 1 aliphatic carbocycles. The zero-order valence-electron chi connectivity index (χ0n) is 11.1. The lowest BCUT2D eigenvalue weighted by atomic mass is 9.91. The van der Waals surface area contributed by atoms with Crippen LogP contribution in [-0.2, 0) is 6.54 Å². The van der Waals surface area contributed by atoms with Crippen LogP contribution in [0.4, 0.5) is 0 Å². The molecule has 0 aromatic carbocycles. The summed E-state index contributed by atoms with van der Waals surface area (Å²) in [6, 6.07) is 2.89. The monoisotopic (exact) mass is 328 g/mol. The average Bonchev–Trinajstić information content (AvgIpc) is 3.10. The van der Waals surface area contributed by atoms with Crippen molar-refractivity contribution in [1.82, 2.24) is 10.2 Å². The highest BCUT2D eigenvalue weighted by Crippen LogP contribution is 2.41.